The van der Waals surface area contributed by atoms with Gasteiger partial charge in [0.15, 0.2) is 5.76 Å². The second kappa shape index (κ2) is 12.2. The summed E-state index contributed by atoms with van der Waals surface area (Å²) in [7, 11) is 0. The van der Waals surface area contributed by atoms with Gasteiger partial charge in [0.2, 0.25) is 11.8 Å². The van der Waals surface area contributed by atoms with Crippen LogP contribution in [0.15, 0.2) is 47.3 Å². The predicted molar refractivity (Wildman–Crippen MR) is 124 cm³/mol. The van der Waals surface area contributed by atoms with Gasteiger partial charge in [0, 0.05) is 30.5 Å². The van der Waals surface area contributed by atoms with Crippen molar-refractivity contribution in [2.24, 2.45) is 5.92 Å². The molecule has 33 heavy (non-hydrogen) atoms. The lowest BCUT2D eigenvalue weighted by molar-refractivity contribution is -0.140. The Morgan fingerprint density at radius 3 is 2.58 bits per heavy atom. The Balaban J connectivity index is 1.80. The van der Waals surface area contributed by atoms with Crippen LogP contribution in [0.3, 0.4) is 0 Å². The number of amides is 3. The fourth-order valence-electron chi connectivity index (χ4n) is 4.09. The van der Waals surface area contributed by atoms with Gasteiger partial charge in [0.25, 0.3) is 5.91 Å². The molecular formula is C25H34N4O4. The van der Waals surface area contributed by atoms with E-state index in [1.807, 2.05) is 6.07 Å². The highest BCUT2D eigenvalue weighted by Gasteiger charge is 2.33. The number of carbonyl (C=O) groups excluding carboxylic acids is 3. The summed E-state index contributed by atoms with van der Waals surface area (Å²) >= 11 is 0. The van der Waals surface area contributed by atoms with Crippen molar-refractivity contribution in [3.63, 3.8) is 0 Å². The Hall–Kier alpha value is -3.16. The van der Waals surface area contributed by atoms with Crippen LogP contribution in [-0.4, -0.2) is 46.7 Å². The van der Waals surface area contributed by atoms with E-state index in [0.29, 0.717) is 18.0 Å². The minimum absolute atomic E-state index is 0.117. The summed E-state index contributed by atoms with van der Waals surface area (Å²) in [5, 5.41) is 5.77. The van der Waals surface area contributed by atoms with Crippen LogP contribution >= 0.6 is 0 Å². The largest absolute Gasteiger partial charge is 0.459 e. The van der Waals surface area contributed by atoms with Crippen molar-refractivity contribution in [3.05, 3.63) is 54.2 Å². The van der Waals surface area contributed by atoms with Gasteiger partial charge in [0.1, 0.15) is 6.04 Å². The number of hydrogen-bond donors (Lipinski definition) is 2. The maximum Gasteiger partial charge on any atom is 0.287 e. The van der Waals surface area contributed by atoms with Crippen molar-refractivity contribution in [3.8, 4) is 0 Å². The molecule has 2 aromatic rings. The number of carbonyl (C=O) groups is 3. The first-order chi connectivity index (χ1) is 16.0. The highest BCUT2D eigenvalue weighted by atomic mass is 16.3. The van der Waals surface area contributed by atoms with Gasteiger partial charge in [-0.1, -0.05) is 39.2 Å². The molecule has 0 unspecified atom stereocenters. The molecule has 3 rings (SSSR count). The SMILES string of the molecule is CC(C)CCN(C(=O)CNC(=O)c1ccco1)[C@H](C(=O)NC1CCCCC1)c1cccnc1. The van der Waals surface area contributed by atoms with Gasteiger partial charge in [0.05, 0.1) is 12.8 Å². The fourth-order valence-corrected chi connectivity index (χ4v) is 4.09. The van der Waals surface area contributed by atoms with Crippen LogP contribution < -0.4 is 10.6 Å². The standard InChI is InChI=1S/C25H34N4O4/c1-18(2)12-14-29(22(30)17-27-24(31)21-11-7-15-33-21)23(19-8-6-13-26-16-19)25(32)28-20-9-4-3-5-10-20/h6-8,11,13,15-16,18,20,23H,3-5,9-10,12,14,17H2,1-2H3,(H,27,31)(H,28,32)/t23-/m0/s1. The first-order valence-electron chi connectivity index (χ1n) is 11.8. The Labute approximate surface area is 195 Å². The summed E-state index contributed by atoms with van der Waals surface area (Å²) in [6.45, 7) is 4.31. The van der Waals surface area contributed by atoms with E-state index in [4.69, 9.17) is 4.42 Å². The second-order valence-electron chi connectivity index (χ2n) is 8.96. The Bertz CT molecular complexity index is 892. The molecule has 1 aliphatic rings. The van der Waals surface area contributed by atoms with Crippen LogP contribution in [0.1, 0.15) is 74.5 Å². The van der Waals surface area contributed by atoms with E-state index in [9.17, 15) is 14.4 Å². The summed E-state index contributed by atoms with van der Waals surface area (Å²) in [6.07, 6.45) is 10.7. The number of nitrogens with one attached hydrogen (secondary N) is 2. The van der Waals surface area contributed by atoms with Gasteiger partial charge in [-0.2, -0.15) is 0 Å². The van der Waals surface area contributed by atoms with Crippen molar-refractivity contribution >= 4 is 17.7 Å². The molecule has 8 heteroatoms. The van der Waals surface area contributed by atoms with E-state index in [-0.39, 0.29) is 30.2 Å². The molecule has 2 N–H and O–H groups in total. The predicted octanol–water partition coefficient (Wildman–Crippen LogP) is 3.47. The average molecular weight is 455 g/mol. The van der Waals surface area contributed by atoms with Gasteiger partial charge in [-0.05, 0) is 43.4 Å². The molecule has 0 aliphatic heterocycles. The van der Waals surface area contributed by atoms with Crippen LogP contribution in [-0.2, 0) is 9.59 Å². The van der Waals surface area contributed by atoms with Crippen LogP contribution in [0.5, 0.6) is 0 Å². The van der Waals surface area contributed by atoms with E-state index in [1.54, 1.807) is 29.4 Å². The molecular weight excluding hydrogens is 420 g/mol. The van der Waals surface area contributed by atoms with Crippen molar-refractivity contribution < 1.29 is 18.8 Å². The van der Waals surface area contributed by atoms with Gasteiger partial charge in [-0.25, -0.2) is 0 Å². The minimum atomic E-state index is -0.813. The van der Waals surface area contributed by atoms with Crippen molar-refractivity contribution in [2.45, 2.75) is 64.5 Å². The normalized spacial score (nSPS) is 15.1. The van der Waals surface area contributed by atoms with E-state index in [0.717, 1.165) is 32.1 Å². The van der Waals surface area contributed by atoms with Gasteiger partial charge in [-0.15, -0.1) is 0 Å². The average Bonchev–Trinajstić information content (AvgIpc) is 3.36. The molecule has 1 aliphatic carbocycles. The Morgan fingerprint density at radius 2 is 1.94 bits per heavy atom. The lowest BCUT2D eigenvalue weighted by Gasteiger charge is -2.33. The fraction of sp³-hybridized carbons (Fsp3) is 0.520. The van der Waals surface area contributed by atoms with E-state index >= 15 is 0 Å². The third kappa shape index (κ3) is 7.17. The summed E-state index contributed by atoms with van der Waals surface area (Å²) in [5.74, 6) is -0.529. The van der Waals surface area contributed by atoms with Gasteiger partial charge < -0.3 is 20.0 Å². The van der Waals surface area contributed by atoms with E-state index < -0.39 is 11.9 Å². The van der Waals surface area contributed by atoms with Crippen molar-refractivity contribution in [1.82, 2.24) is 20.5 Å². The second-order valence-corrected chi connectivity index (χ2v) is 8.96. The summed E-state index contributed by atoms with van der Waals surface area (Å²) < 4.78 is 5.10. The van der Waals surface area contributed by atoms with Crippen molar-refractivity contribution in [2.75, 3.05) is 13.1 Å². The van der Waals surface area contributed by atoms with Crippen LogP contribution in [0.2, 0.25) is 0 Å². The molecule has 0 bridgehead atoms. The molecule has 2 aromatic heterocycles. The van der Waals surface area contributed by atoms with E-state index in [1.165, 1.54) is 18.8 Å². The molecule has 0 saturated heterocycles. The van der Waals surface area contributed by atoms with Gasteiger partial charge >= 0.3 is 0 Å². The summed E-state index contributed by atoms with van der Waals surface area (Å²) in [4.78, 5) is 44.8. The number of furan rings is 1. The topological polar surface area (TPSA) is 105 Å². The molecule has 2 heterocycles. The van der Waals surface area contributed by atoms with Crippen LogP contribution in [0, 0.1) is 5.92 Å². The van der Waals surface area contributed by atoms with Crippen molar-refractivity contribution in [1.29, 1.82) is 0 Å². The zero-order valence-corrected chi connectivity index (χ0v) is 19.5. The molecule has 3 amide bonds. The number of hydrogen-bond acceptors (Lipinski definition) is 5. The molecule has 1 saturated carbocycles. The zero-order valence-electron chi connectivity index (χ0n) is 19.5. The maximum atomic E-state index is 13.5. The quantitative estimate of drug-likeness (QED) is 0.572. The number of aromatic nitrogens is 1. The molecule has 0 spiro atoms. The molecule has 0 aromatic carbocycles. The lowest BCUT2D eigenvalue weighted by Crippen LogP contribution is -2.49. The van der Waals surface area contributed by atoms with Crippen LogP contribution in [0.25, 0.3) is 0 Å². The number of pyridine rings is 1. The van der Waals surface area contributed by atoms with Gasteiger partial charge in [-0.3, -0.25) is 19.4 Å². The first kappa shape index (κ1) is 24.5. The highest BCUT2D eigenvalue weighted by molar-refractivity contribution is 5.95. The third-order valence-electron chi connectivity index (χ3n) is 5.92. The molecule has 1 atom stereocenters. The highest BCUT2D eigenvalue weighted by Crippen LogP contribution is 2.24. The first-order valence-corrected chi connectivity index (χ1v) is 11.8. The zero-order chi connectivity index (χ0) is 23.6. The number of nitrogens with zero attached hydrogens (tertiary/aromatic N) is 2. The molecule has 178 valence electrons. The molecule has 8 nitrogen and oxygen atoms in total. The summed E-state index contributed by atoms with van der Waals surface area (Å²) in [6, 6.07) is 6.03. The number of rotatable bonds is 10. The maximum absolute atomic E-state index is 13.5. The summed E-state index contributed by atoms with van der Waals surface area (Å²) in [5.41, 5.74) is 0.653. The third-order valence-corrected chi connectivity index (χ3v) is 5.92. The molecule has 0 radical (unpaired) electrons. The monoisotopic (exact) mass is 454 g/mol. The lowest BCUT2D eigenvalue weighted by atomic mass is 9.94. The Kier molecular flexibility index (Phi) is 9.04. The minimum Gasteiger partial charge on any atom is -0.459 e. The molecule has 1 fully saturated rings. The van der Waals surface area contributed by atoms with E-state index in [2.05, 4.69) is 29.5 Å². The smallest absolute Gasteiger partial charge is 0.287 e. The van der Waals surface area contributed by atoms with Crippen LogP contribution in [0.4, 0.5) is 0 Å². The Morgan fingerprint density at radius 1 is 1.15 bits per heavy atom.